The minimum Gasteiger partial charge on any atom is -0.351 e. The summed E-state index contributed by atoms with van der Waals surface area (Å²) >= 11 is 0. The van der Waals surface area contributed by atoms with E-state index in [0.29, 0.717) is 6.54 Å². The average Bonchev–Trinajstić information content (AvgIpc) is 2.38. The van der Waals surface area contributed by atoms with Gasteiger partial charge in [-0.1, -0.05) is 57.0 Å². The largest absolute Gasteiger partial charge is 0.351 e. The number of carbonyl (C=O) groups is 1. The van der Waals surface area contributed by atoms with Crippen molar-refractivity contribution >= 4 is 5.91 Å². The lowest BCUT2D eigenvalue weighted by atomic mass is 9.94. The molecule has 0 heterocycles. The predicted molar refractivity (Wildman–Crippen MR) is 70.3 cm³/mol. The quantitative estimate of drug-likeness (QED) is 0.791. The van der Waals surface area contributed by atoms with Crippen molar-refractivity contribution in [2.75, 3.05) is 0 Å². The smallest absolute Gasteiger partial charge is 0.237 e. The lowest BCUT2D eigenvalue weighted by Gasteiger charge is -2.20. The summed E-state index contributed by atoms with van der Waals surface area (Å²) in [4.78, 5) is 11.8. The van der Waals surface area contributed by atoms with Gasteiger partial charge in [0.2, 0.25) is 5.91 Å². The van der Waals surface area contributed by atoms with Gasteiger partial charge in [0.05, 0.1) is 6.04 Å². The van der Waals surface area contributed by atoms with Gasteiger partial charge in [0.1, 0.15) is 0 Å². The third kappa shape index (κ3) is 4.19. The van der Waals surface area contributed by atoms with Crippen molar-refractivity contribution in [2.24, 2.45) is 11.7 Å². The Morgan fingerprint density at radius 2 is 1.82 bits per heavy atom. The predicted octanol–water partition coefficient (Wildman–Crippen LogP) is 2.07. The van der Waals surface area contributed by atoms with Gasteiger partial charge >= 0.3 is 0 Å². The van der Waals surface area contributed by atoms with Gasteiger partial charge in [-0.15, -0.1) is 0 Å². The second-order valence-electron chi connectivity index (χ2n) is 4.31. The zero-order valence-electron chi connectivity index (χ0n) is 10.6. The van der Waals surface area contributed by atoms with Crippen molar-refractivity contribution in [2.45, 2.75) is 39.3 Å². The van der Waals surface area contributed by atoms with Crippen molar-refractivity contribution in [3.63, 3.8) is 0 Å². The average molecular weight is 234 g/mol. The highest BCUT2D eigenvalue weighted by Crippen LogP contribution is 2.11. The molecule has 0 saturated carbocycles. The zero-order chi connectivity index (χ0) is 12.7. The van der Waals surface area contributed by atoms with Crippen LogP contribution < -0.4 is 11.1 Å². The van der Waals surface area contributed by atoms with Gasteiger partial charge in [0.25, 0.3) is 0 Å². The van der Waals surface area contributed by atoms with Crippen LogP contribution >= 0.6 is 0 Å². The highest BCUT2D eigenvalue weighted by Gasteiger charge is 2.21. The van der Waals surface area contributed by atoms with Crippen molar-refractivity contribution in [1.29, 1.82) is 0 Å². The Kier molecular flexibility index (Phi) is 5.70. The highest BCUT2D eigenvalue weighted by atomic mass is 16.2. The summed E-state index contributed by atoms with van der Waals surface area (Å²) < 4.78 is 0. The molecule has 0 unspecified atom stereocenters. The molecule has 0 bridgehead atoms. The van der Waals surface area contributed by atoms with E-state index >= 15 is 0 Å². The number of nitrogens with two attached hydrogens (primary N) is 1. The van der Waals surface area contributed by atoms with E-state index in [0.717, 1.165) is 18.4 Å². The molecule has 1 aromatic carbocycles. The van der Waals surface area contributed by atoms with Crippen LogP contribution in [0.15, 0.2) is 30.3 Å². The molecule has 0 aromatic heterocycles. The fourth-order valence-corrected chi connectivity index (χ4v) is 1.91. The highest BCUT2D eigenvalue weighted by molar-refractivity contribution is 5.81. The Balaban J connectivity index is 2.44. The second-order valence-corrected chi connectivity index (χ2v) is 4.31. The Hall–Kier alpha value is -1.35. The van der Waals surface area contributed by atoms with Crippen LogP contribution in [0.2, 0.25) is 0 Å². The van der Waals surface area contributed by atoms with Crippen LogP contribution in [0.25, 0.3) is 0 Å². The van der Waals surface area contributed by atoms with Crippen molar-refractivity contribution < 1.29 is 4.79 Å². The maximum Gasteiger partial charge on any atom is 0.237 e. The van der Waals surface area contributed by atoms with E-state index in [9.17, 15) is 4.79 Å². The lowest BCUT2D eigenvalue weighted by Crippen LogP contribution is -2.45. The van der Waals surface area contributed by atoms with E-state index in [2.05, 4.69) is 19.2 Å². The molecule has 94 valence electrons. The first kappa shape index (κ1) is 13.7. The third-order valence-electron chi connectivity index (χ3n) is 3.17. The lowest BCUT2D eigenvalue weighted by molar-refractivity contribution is -0.123. The summed E-state index contributed by atoms with van der Waals surface area (Å²) in [6.07, 6.45) is 1.88. The van der Waals surface area contributed by atoms with Gasteiger partial charge in [-0.05, 0) is 11.5 Å². The maximum absolute atomic E-state index is 11.8. The Bertz CT molecular complexity index is 333. The maximum atomic E-state index is 11.8. The fraction of sp³-hybridized carbons (Fsp3) is 0.500. The molecule has 0 spiro atoms. The normalized spacial score (nSPS) is 12.5. The van der Waals surface area contributed by atoms with Gasteiger partial charge in [-0.3, -0.25) is 4.79 Å². The van der Waals surface area contributed by atoms with E-state index in [-0.39, 0.29) is 11.8 Å². The molecule has 1 atom stereocenters. The van der Waals surface area contributed by atoms with E-state index in [1.807, 2.05) is 30.3 Å². The molecule has 1 aromatic rings. The van der Waals surface area contributed by atoms with Crippen LogP contribution in [0.4, 0.5) is 0 Å². The van der Waals surface area contributed by atoms with Gasteiger partial charge in [-0.25, -0.2) is 0 Å². The molecule has 3 N–H and O–H groups in total. The zero-order valence-corrected chi connectivity index (χ0v) is 10.6. The van der Waals surface area contributed by atoms with Gasteiger partial charge in [0.15, 0.2) is 0 Å². The molecule has 0 aliphatic heterocycles. The number of amides is 1. The first-order valence-electron chi connectivity index (χ1n) is 6.26. The topological polar surface area (TPSA) is 55.1 Å². The summed E-state index contributed by atoms with van der Waals surface area (Å²) in [6.45, 7) is 4.69. The first-order chi connectivity index (χ1) is 8.19. The number of carbonyl (C=O) groups excluding carboxylic acids is 1. The van der Waals surface area contributed by atoms with E-state index in [4.69, 9.17) is 5.73 Å². The van der Waals surface area contributed by atoms with Crippen LogP contribution in [0.5, 0.6) is 0 Å². The number of nitrogens with one attached hydrogen (secondary N) is 1. The standard InChI is InChI=1S/C14H22N2O/c1-3-12(4-2)13(15)14(17)16-10-11-8-6-5-7-9-11/h5-9,12-13H,3-4,10,15H2,1-2H3,(H,16,17)/t13-/m0/s1. The van der Waals surface area contributed by atoms with Gasteiger partial charge < -0.3 is 11.1 Å². The minimum absolute atomic E-state index is 0.0532. The SMILES string of the molecule is CCC(CC)[C@H](N)C(=O)NCc1ccccc1. The molecule has 0 fully saturated rings. The monoisotopic (exact) mass is 234 g/mol. The summed E-state index contributed by atoms with van der Waals surface area (Å²) in [5, 5.41) is 2.88. The Morgan fingerprint density at radius 3 is 2.35 bits per heavy atom. The van der Waals surface area contributed by atoms with E-state index < -0.39 is 6.04 Å². The number of benzene rings is 1. The molecule has 17 heavy (non-hydrogen) atoms. The van der Waals surface area contributed by atoms with Crippen molar-refractivity contribution in [3.05, 3.63) is 35.9 Å². The molecule has 0 saturated heterocycles. The number of hydrogen-bond acceptors (Lipinski definition) is 2. The van der Waals surface area contributed by atoms with Gasteiger partial charge in [0, 0.05) is 6.54 Å². The third-order valence-corrected chi connectivity index (χ3v) is 3.17. The molecule has 0 aliphatic carbocycles. The molecule has 0 aliphatic rings. The number of rotatable bonds is 6. The summed E-state index contributed by atoms with van der Waals surface area (Å²) in [5.41, 5.74) is 7.03. The molecular formula is C14H22N2O. The molecule has 1 rings (SSSR count). The fourth-order valence-electron chi connectivity index (χ4n) is 1.91. The minimum atomic E-state index is -0.395. The summed E-state index contributed by atoms with van der Waals surface area (Å²) in [5.74, 6) is 0.216. The molecular weight excluding hydrogens is 212 g/mol. The van der Waals surface area contributed by atoms with Crippen LogP contribution in [0.3, 0.4) is 0 Å². The van der Waals surface area contributed by atoms with Crippen LogP contribution in [0, 0.1) is 5.92 Å². The van der Waals surface area contributed by atoms with Crippen molar-refractivity contribution in [3.8, 4) is 0 Å². The molecule has 3 nitrogen and oxygen atoms in total. The first-order valence-corrected chi connectivity index (χ1v) is 6.26. The Morgan fingerprint density at radius 1 is 1.24 bits per heavy atom. The van der Waals surface area contributed by atoms with Gasteiger partial charge in [-0.2, -0.15) is 0 Å². The van der Waals surface area contributed by atoms with E-state index in [1.54, 1.807) is 0 Å². The second kappa shape index (κ2) is 7.07. The van der Waals surface area contributed by atoms with Crippen LogP contribution in [-0.2, 0) is 11.3 Å². The number of hydrogen-bond donors (Lipinski definition) is 2. The molecule has 3 heteroatoms. The van der Waals surface area contributed by atoms with Crippen LogP contribution in [0.1, 0.15) is 32.3 Å². The Labute approximate surface area is 103 Å². The summed E-state index contributed by atoms with van der Waals surface area (Å²) in [6, 6.07) is 9.46. The van der Waals surface area contributed by atoms with E-state index in [1.165, 1.54) is 0 Å². The van der Waals surface area contributed by atoms with Crippen LogP contribution in [-0.4, -0.2) is 11.9 Å². The molecule has 1 amide bonds. The van der Waals surface area contributed by atoms with Crippen molar-refractivity contribution in [1.82, 2.24) is 5.32 Å². The summed E-state index contributed by atoms with van der Waals surface area (Å²) in [7, 11) is 0. The molecule has 0 radical (unpaired) electrons.